The maximum atomic E-state index is 13.9. The molecule has 6 nitrogen and oxygen atoms in total. The predicted molar refractivity (Wildman–Crippen MR) is 75.6 cm³/mol. The van der Waals surface area contributed by atoms with Gasteiger partial charge in [0.25, 0.3) is 11.6 Å². The lowest BCUT2D eigenvalue weighted by Gasteiger charge is -2.05. The highest BCUT2D eigenvalue weighted by Gasteiger charge is 2.20. The van der Waals surface area contributed by atoms with Crippen molar-refractivity contribution in [3.8, 4) is 0 Å². The number of hydrogen-bond donors (Lipinski definition) is 1. The van der Waals surface area contributed by atoms with E-state index in [-0.39, 0.29) is 21.9 Å². The third-order valence-electron chi connectivity index (χ3n) is 2.39. The minimum absolute atomic E-state index is 0.0321. The minimum Gasteiger partial charge on any atom is -0.298 e. The summed E-state index contributed by atoms with van der Waals surface area (Å²) in [7, 11) is 0. The number of amides is 1. The highest BCUT2D eigenvalue weighted by atomic mass is 79.9. The molecule has 0 atom stereocenters. The lowest BCUT2D eigenvalue weighted by atomic mass is 10.1. The van der Waals surface area contributed by atoms with Gasteiger partial charge in [-0.25, -0.2) is 9.37 Å². The number of rotatable bonds is 3. The van der Waals surface area contributed by atoms with Crippen LogP contribution in [0.15, 0.2) is 22.1 Å². The molecular weight excluding hydrogens is 353 g/mol. The Bertz CT molecular complexity index is 704. The van der Waals surface area contributed by atoms with Crippen molar-refractivity contribution in [2.24, 2.45) is 0 Å². The van der Waals surface area contributed by atoms with Crippen LogP contribution in [0, 0.1) is 22.9 Å². The molecule has 0 bridgehead atoms. The van der Waals surface area contributed by atoms with Gasteiger partial charge in [0.05, 0.1) is 20.5 Å². The van der Waals surface area contributed by atoms with Crippen LogP contribution in [0.1, 0.15) is 15.9 Å². The van der Waals surface area contributed by atoms with Crippen molar-refractivity contribution < 1.29 is 14.1 Å². The number of halogens is 2. The Morgan fingerprint density at radius 1 is 1.55 bits per heavy atom. The first-order valence-electron chi connectivity index (χ1n) is 5.25. The normalized spacial score (nSPS) is 10.3. The zero-order chi connectivity index (χ0) is 14.9. The van der Waals surface area contributed by atoms with Gasteiger partial charge in [0.2, 0.25) is 0 Å². The summed E-state index contributed by atoms with van der Waals surface area (Å²) in [5, 5.41) is 13.4. The first-order chi connectivity index (χ1) is 9.38. The van der Waals surface area contributed by atoms with Crippen LogP contribution in [0.25, 0.3) is 0 Å². The number of nitrogens with zero attached hydrogens (tertiary/aromatic N) is 2. The molecule has 0 saturated carbocycles. The van der Waals surface area contributed by atoms with Gasteiger partial charge in [0.1, 0.15) is 5.82 Å². The van der Waals surface area contributed by atoms with E-state index in [4.69, 9.17) is 0 Å². The summed E-state index contributed by atoms with van der Waals surface area (Å²) in [6.07, 6.45) is 1.48. The second-order valence-corrected chi connectivity index (χ2v) is 6.21. The Morgan fingerprint density at radius 3 is 2.80 bits per heavy atom. The van der Waals surface area contributed by atoms with Crippen molar-refractivity contribution in [3.63, 3.8) is 0 Å². The van der Waals surface area contributed by atoms with E-state index in [1.54, 1.807) is 0 Å². The number of aryl methyl sites for hydroxylation is 1. The summed E-state index contributed by atoms with van der Waals surface area (Å²) in [5.41, 5.74) is -0.693. The molecule has 9 heteroatoms. The van der Waals surface area contributed by atoms with Gasteiger partial charge in [0.15, 0.2) is 5.13 Å². The quantitative estimate of drug-likeness (QED) is 0.671. The molecule has 0 radical (unpaired) electrons. The molecule has 0 fully saturated rings. The third-order valence-corrected chi connectivity index (χ3v) is 3.78. The summed E-state index contributed by atoms with van der Waals surface area (Å²) in [6.45, 7) is 1.36. The number of carbonyl (C=O) groups is 1. The number of anilines is 1. The van der Waals surface area contributed by atoms with Crippen LogP contribution in [-0.4, -0.2) is 15.8 Å². The van der Waals surface area contributed by atoms with Crippen LogP contribution in [-0.2, 0) is 0 Å². The largest absolute Gasteiger partial charge is 0.298 e. The molecule has 0 aliphatic rings. The highest BCUT2D eigenvalue weighted by molar-refractivity contribution is 9.11. The monoisotopic (exact) mass is 359 g/mol. The zero-order valence-corrected chi connectivity index (χ0v) is 12.4. The van der Waals surface area contributed by atoms with Crippen LogP contribution < -0.4 is 5.32 Å². The third kappa shape index (κ3) is 2.99. The lowest BCUT2D eigenvalue weighted by molar-refractivity contribution is -0.385. The molecule has 2 rings (SSSR count). The van der Waals surface area contributed by atoms with Gasteiger partial charge in [0, 0.05) is 12.1 Å². The van der Waals surface area contributed by atoms with Crippen LogP contribution in [0.5, 0.6) is 0 Å². The van der Waals surface area contributed by atoms with Crippen LogP contribution >= 0.6 is 27.3 Å². The van der Waals surface area contributed by atoms with E-state index in [1.807, 2.05) is 0 Å². The fraction of sp³-hybridized carbons (Fsp3) is 0.0909. The second-order valence-electron chi connectivity index (χ2n) is 3.80. The number of non-ortho nitro benzene ring substituents is 1. The Morgan fingerprint density at radius 2 is 2.25 bits per heavy atom. The number of nitrogens with one attached hydrogen (secondary N) is 1. The Labute approximate surface area is 124 Å². The van der Waals surface area contributed by atoms with Crippen molar-refractivity contribution in [1.29, 1.82) is 0 Å². The lowest BCUT2D eigenvalue weighted by Crippen LogP contribution is -2.14. The molecule has 104 valence electrons. The number of nitro groups is 1. The van der Waals surface area contributed by atoms with E-state index >= 15 is 0 Å². The molecule has 1 N–H and O–H groups in total. The number of thiazole rings is 1. The summed E-state index contributed by atoms with van der Waals surface area (Å²) in [5.74, 6) is -1.57. The maximum absolute atomic E-state index is 13.9. The average molecular weight is 360 g/mol. The predicted octanol–water partition coefficient (Wildman–Crippen LogP) is 3.51. The fourth-order valence-corrected chi connectivity index (χ4v) is 2.60. The van der Waals surface area contributed by atoms with Crippen LogP contribution in [0.2, 0.25) is 0 Å². The summed E-state index contributed by atoms with van der Waals surface area (Å²) < 4.78 is 14.6. The number of nitro benzene ring substituents is 1. The molecular formula is C11H7BrFN3O3S. The van der Waals surface area contributed by atoms with E-state index in [0.717, 1.165) is 23.5 Å². The van der Waals surface area contributed by atoms with E-state index < -0.39 is 16.6 Å². The van der Waals surface area contributed by atoms with Gasteiger partial charge < -0.3 is 0 Å². The molecule has 20 heavy (non-hydrogen) atoms. The molecule has 0 spiro atoms. The van der Waals surface area contributed by atoms with Gasteiger partial charge in [-0.2, -0.15) is 0 Å². The SMILES string of the molecule is Cc1cc([N+](=O)[O-])cc(C(=O)Nc2ncc(Br)s2)c1F. The van der Waals surface area contributed by atoms with Crippen molar-refractivity contribution in [1.82, 2.24) is 4.98 Å². The van der Waals surface area contributed by atoms with Gasteiger partial charge in [-0.05, 0) is 28.4 Å². The van der Waals surface area contributed by atoms with E-state index in [9.17, 15) is 19.3 Å². The first-order valence-corrected chi connectivity index (χ1v) is 6.86. The van der Waals surface area contributed by atoms with Crippen LogP contribution in [0.3, 0.4) is 0 Å². The highest BCUT2D eigenvalue weighted by Crippen LogP contribution is 2.25. The van der Waals surface area contributed by atoms with Crippen molar-refractivity contribution >= 4 is 44.0 Å². The van der Waals surface area contributed by atoms with E-state index in [2.05, 4.69) is 26.2 Å². The summed E-state index contributed by atoms with van der Waals surface area (Å²) in [4.78, 5) is 25.9. The van der Waals surface area contributed by atoms with Gasteiger partial charge in [-0.3, -0.25) is 20.2 Å². The van der Waals surface area contributed by atoms with Crippen LogP contribution in [0.4, 0.5) is 15.2 Å². The number of aromatic nitrogens is 1. The van der Waals surface area contributed by atoms with Crippen molar-refractivity contribution in [3.05, 3.63) is 49.2 Å². The fourth-order valence-electron chi connectivity index (χ4n) is 1.50. The number of hydrogen-bond acceptors (Lipinski definition) is 5. The minimum atomic E-state index is -0.788. The molecule has 1 aromatic carbocycles. The molecule has 1 amide bonds. The van der Waals surface area contributed by atoms with Gasteiger partial charge in [-0.1, -0.05) is 11.3 Å². The number of carbonyl (C=O) groups excluding carboxylic acids is 1. The Balaban J connectivity index is 2.36. The maximum Gasteiger partial charge on any atom is 0.270 e. The molecule has 1 aromatic heterocycles. The molecule has 0 saturated heterocycles. The zero-order valence-electron chi connectivity index (χ0n) is 10.0. The van der Waals surface area contributed by atoms with Gasteiger partial charge >= 0.3 is 0 Å². The molecule has 0 aliphatic heterocycles. The topological polar surface area (TPSA) is 85.1 Å². The summed E-state index contributed by atoms with van der Waals surface area (Å²) in [6, 6.07) is 1.98. The Kier molecular flexibility index (Phi) is 4.09. The molecule has 0 unspecified atom stereocenters. The molecule has 1 heterocycles. The van der Waals surface area contributed by atoms with E-state index in [0.29, 0.717) is 3.79 Å². The van der Waals surface area contributed by atoms with Gasteiger partial charge in [-0.15, -0.1) is 0 Å². The number of benzene rings is 1. The smallest absolute Gasteiger partial charge is 0.270 e. The first kappa shape index (κ1) is 14.5. The standard InChI is InChI=1S/C11H7BrFN3O3S/c1-5-2-6(16(18)19)3-7(9(5)13)10(17)15-11-14-4-8(12)20-11/h2-4H,1H3,(H,14,15,17). The van der Waals surface area contributed by atoms with E-state index in [1.165, 1.54) is 13.1 Å². The molecule has 0 aliphatic carbocycles. The summed E-state index contributed by atoms with van der Waals surface area (Å²) >= 11 is 4.32. The molecule has 2 aromatic rings. The second kappa shape index (κ2) is 5.63. The average Bonchev–Trinajstić information content (AvgIpc) is 2.77. The Hall–Kier alpha value is -1.87. The van der Waals surface area contributed by atoms with Crippen molar-refractivity contribution in [2.45, 2.75) is 6.92 Å². The van der Waals surface area contributed by atoms with Crippen molar-refractivity contribution in [2.75, 3.05) is 5.32 Å².